The summed E-state index contributed by atoms with van der Waals surface area (Å²) in [6.07, 6.45) is 0.267. The Labute approximate surface area is 180 Å². The largest absolute Gasteiger partial charge is 0.448 e. The Balaban J connectivity index is 1.81. The first kappa shape index (κ1) is 21.8. The second kappa shape index (κ2) is 8.88. The number of rotatable bonds is 5. The van der Waals surface area contributed by atoms with E-state index in [0.717, 1.165) is 27.5 Å². The lowest BCUT2D eigenvalue weighted by Gasteiger charge is -2.17. The Morgan fingerprint density at radius 2 is 1.90 bits per heavy atom. The van der Waals surface area contributed by atoms with Gasteiger partial charge in [0, 0.05) is 30.2 Å². The SMILES string of the molecule is Cc1ccc(-n2c(C)cc(/C=C(\C#N)C(=O)O[C@H](C)C(=O)N3CCNC3=O)c2C)cc1. The summed E-state index contributed by atoms with van der Waals surface area (Å²) in [6, 6.07) is 11.2. The maximum atomic E-state index is 12.5. The Hall–Kier alpha value is -3.86. The van der Waals surface area contributed by atoms with Crippen LogP contribution in [0.1, 0.15) is 29.4 Å². The van der Waals surface area contributed by atoms with Crippen LogP contribution in [-0.2, 0) is 14.3 Å². The van der Waals surface area contributed by atoms with Gasteiger partial charge in [0.1, 0.15) is 11.6 Å². The van der Waals surface area contributed by atoms with E-state index in [1.54, 1.807) is 0 Å². The molecule has 0 radical (unpaired) electrons. The molecular weight excluding hydrogens is 396 g/mol. The van der Waals surface area contributed by atoms with Crippen molar-refractivity contribution < 1.29 is 19.1 Å². The number of nitriles is 1. The molecule has 8 nitrogen and oxygen atoms in total. The average molecular weight is 420 g/mol. The van der Waals surface area contributed by atoms with Crippen LogP contribution >= 0.6 is 0 Å². The highest BCUT2D eigenvalue weighted by molar-refractivity contribution is 6.02. The molecule has 8 heteroatoms. The number of carbonyl (C=O) groups excluding carboxylic acids is 3. The number of hydrogen-bond donors (Lipinski definition) is 1. The molecule has 3 amide bonds. The number of aromatic nitrogens is 1. The van der Waals surface area contributed by atoms with Gasteiger partial charge in [-0.2, -0.15) is 5.26 Å². The summed E-state index contributed by atoms with van der Waals surface area (Å²) in [5.74, 6) is -1.54. The monoisotopic (exact) mass is 420 g/mol. The fourth-order valence-corrected chi connectivity index (χ4v) is 3.49. The predicted octanol–water partition coefficient (Wildman–Crippen LogP) is 2.79. The quantitative estimate of drug-likeness (QED) is 0.455. The van der Waals surface area contributed by atoms with Crippen LogP contribution in [0.4, 0.5) is 4.79 Å². The normalized spacial score (nSPS) is 14.7. The summed E-state index contributed by atoms with van der Waals surface area (Å²) in [6.45, 7) is 7.80. The van der Waals surface area contributed by atoms with Crippen LogP contribution in [0, 0.1) is 32.1 Å². The second-order valence-corrected chi connectivity index (χ2v) is 7.44. The highest BCUT2D eigenvalue weighted by Gasteiger charge is 2.32. The summed E-state index contributed by atoms with van der Waals surface area (Å²) < 4.78 is 7.20. The number of imide groups is 1. The Bertz CT molecular complexity index is 1110. The number of urea groups is 1. The summed E-state index contributed by atoms with van der Waals surface area (Å²) in [5.41, 5.74) is 4.40. The molecule has 0 spiro atoms. The fourth-order valence-electron chi connectivity index (χ4n) is 3.49. The van der Waals surface area contributed by atoms with Gasteiger partial charge >= 0.3 is 12.0 Å². The van der Waals surface area contributed by atoms with E-state index in [9.17, 15) is 19.6 Å². The first-order chi connectivity index (χ1) is 14.7. The second-order valence-electron chi connectivity index (χ2n) is 7.44. The molecule has 2 heterocycles. The van der Waals surface area contributed by atoms with E-state index in [-0.39, 0.29) is 12.1 Å². The molecule has 1 aliphatic heterocycles. The molecule has 0 unspecified atom stereocenters. The zero-order valence-corrected chi connectivity index (χ0v) is 17.9. The molecule has 1 saturated heterocycles. The maximum absolute atomic E-state index is 12.5. The number of amides is 3. The van der Waals surface area contributed by atoms with Crippen molar-refractivity contribution in [3.63, 3.8) is 0 Å². The molecule has 1 aromatic heterocycles. The van der Waals surface area contributed by atoms with Crippen molar-refractivity contribution in [3.05, 3.63) is 58.4 Å². The van der Waals surface area contributed by atoms with Crippen molar-refractivity contribution in [2.75, 3.05) is 13.1 Å². The number of esters is 1. The van der Waals surface area contributed by atoms with Crippen LogP contribution < -0.4 is 5.32 Å². The van der Waals surface area contributed by atoms with Crippen molar-refractivity contribution in [3.8, 4) is 11.8 Å². The van der Waals surface area contributed by atoms with Gasteiger partial charge in [0.05, 0.1) is 0 Å². The van der Waals surface area contributed by atoms with Gasteiger partial charge in [-0.15, -0.1) is 0 Å². The van der Waals surface area contributed by atoms with E-state index >= 15 is 0 Å². The standard InChI is InChI=1S/C23H24N4O4/c1-14-5-7-20(8-6-14)27-15(2)11-18(16(27)3)12-19(13-24)22(29)31-17(4)21(28)26-10-9-25-23(26)30/h5-8,11-12,17H,9-10H2,1-4H3,(H,25,30)/b19-12+/t17-/m1/s1. The lowest BCUT2D eigenvalue weighted by atomic mass is 10.1. The lowest BCUT2D eigenvalue weighted by molar-refractivity contribution is -0.153. The molecule has 0 bridgehead atoms. The van der Waals surface area contributed by atoms with Gasteiger partial charge in [-0.1, -0.05) is 17.7 Å². The number of aryl methyl sites for hydroxylation is 2. The number of ether oxygens (including phenoxy) is 1. The summed E-state index contributed by atoms with van der Waals surface area (Å²) in [4.78, 5) is 37.5. The number of nitrogens with zero attached hydrogens (tertiary/aromatic N) is 3. The molecule has 31 heavy (non-hydrogen) atoms. The molecule has 2 aromatic rings. The third kappa shape index (κ3) is 4.51. The molecule has 160 valence electrons. The molecule has 1 N–H and O–H groups in total. The zero-order valence-electron chi connectivity index (χ0n) is 17.9. The van der Waals surface area contributed by atoms with Gasteiger partial charge < -0.3 is 14.6 Å². The molecule has 1 fully saturated rings. The topological polar surface area (TPSA) is 104 Å². The molecule has 1 aromatic carbocycles. The molecule has 0 saturated carbocycles. The van der Waals surface area contributed by atoms with Gasteiger partial charge in [0.2, 0.25) is 0 Å². The zero-order chi connectivity index (χ0) is 22.7. The Kier molecular flexibility index (Phi) is 6.25. The number of nitrogens with one attached hydrogen (secondary N) is 1. The van der Waals surface area contributed by atoms with E-state index < -0.39 is 24.0 Å². The Morgan fingerprint density at radius 3 is 2.48 bits per heavy atom. The molecular formula is C23H24N4O4. The minimum Gasteiger partial charge on any atom is -0.448 e. The Morgan fingerprint density at radius 1 is 1.23 bits per heavy atom. The predicted molar refractivity (Wildman–Crippen MR) is 114 cm³/mol. The van der Waals surface area contributed by atoms with Crippen LogP contribution in [0.2, 0.25) is 0 Å². The molecule has 0 aliphatic carbocycles. The summed E-state index contributed by atoms with van der Waals surface area (Å²) >= 11 is 0. The van der Waals surface area contributed by atoms with E-state index in [1.165, 1.54) is 13.0 Å². The van der Waals surface area contributed by atoms with Crippen molar-refractivity contribution in [2.24, 2.45) is 0 Å². The third-order valence-corrected chi connectivity index (χ3v) is 5.16. The van der Waals surface area contributed by atoms with Crippen molar-refractivity contribution >= 4 is 24.0 Å². The number of hydrogen-bond acceptors (Lipinski definition) is 5. The van der Waals surface area contributed by atoms with Gasteiger partial charge in [-0.05, 0) is 57.5 Å². The lowest BCUT2D eigenvalue weighted by Crippen LogP contribution is -2.41. The van der Waals surface area contributed by atoms with Crippen LogP contribution in [0.5, 0.6) is 0 Å². The van der Waals surface area contributed by atoms with Crippen LogP contribution in [0.15, 0.2) is 35.9 Å². The van der Waals surface area contributed by atoms with Gasteiger partial charge in [0.15, 0.2) is 6.10 Å². The first-order valence-electron chi connectivity index (χ1n) is 9.91. The van der Waals surface area contributed by atoms with E-state index in [2.05, 4.69) is 5.32 Å². The van der Waals surface area contributed by atoms with Gasteiger partial charge in [-0.3, -0.25) is 9.69 Å². The first-order valence-corrected chi connectivity index (χ1v) is 9.91. The minimum atomic E-state index is -1.19. The third-order valence-electron chi connectivity index (χ3n) is 5.16. The maximum Gasteiger partial charge on any atom is 0.349 e. The summed E-state index contributed by atoms with van der Waals surface area (Å²) in [5, 5.41) is 12.0. The fraction of sp³-hybridized carbons (Fsp3) is 0.304. The van der Waals surface area contributed by atoms with Crippen molar-refractivity contribution in [2.45, 2.75) is 33.8 Å². The smallest absolute Gasteiger partial charge is 0.349 e. The van der Waals surface area contributed by atoms with Crippen LogP contribution in [0.3, 0.4) is 0 Å². The molecule has 1 aliphatic rings. The van der Waals surface area contributed by atoms with Crippen molar-refractivity contribution in [1.82, 2.24) is 14.8 Å². The van der Waals surface area contributed by atoms with E-state index in [1.807, 2.05) is 61.7 Å². The molecule has 3 rings (SSSR count). The number of carbonyl (C=O) groups is 3. The number of benzene rings is 1. The minimum absolute atomic E-state index is 0.214. The summed E-state index contributed by atoms with van der Waals surface area (Å²) in [7, 11) is 0. The van der Waals surface area contributed by atoms with Crippen molar-refractivity contribution in [1.29, 1.82) is 5.26 Å². The van der Waals surface area contributed by atoms with Gasteiger partial charge in [-0.25, -0.2) is 9.59 Å². The average Bonchev–Trinajstić information content (AvgIpc) is 3.28. The van der Waals surface area contributed by atoms with Crippen LogP contribution in [0.25, 0.3) is 11.8 Å². The molecule has 1 atom stereocenters. The highest BCUT2D eigenvalue weighted by atomic mass is 16.5. The van der Waals surface area contributed by atoms with Crippen LogP contribution in [-0.4, -0.2) is 46.6 Å². The van der Waals surface area contributed by atoms with E-state index in [4.69, 9.17) is 4.74 Å². The van der Waals surface area contributed by atoms with Gasteiger partial charge in [0.25, 0.3) is 5.91 Å². The highest BCUT2D eigenvalue weighted by Crippen LogP contribution is 2.23. The van der Waals surface area contributed by atoms with E-state index in [0.29, 0.717) is 12.1 Å².